The largest absolute Gasteiger partial charge is 0.356 e. The van der Waals surface area contributed by atoms with Crippen LogP contribution in [-0.4, -0.2) is 46.5 Å². The maximum atomic E-state index is 14.4. The van der Waals surface area contributed by atoms with Crippen LogP contribution in [0.15, 0.2) is 36.4 Å². The molecule has 5 aliphatic rings. The van der Waals surface area contributed by atoms with E-state index in [1.807, 2.05) is 52.0 Å². The second-order valence-corrected chi connectivity index (χ2v) is 14.0. The van der Waals surface area contributed by atoms with Crippen molar-refractivity contribution in [3.63, 3.8) is 0 Å². The highest BCUT2D eigenvalue weighted by molar-refractivity contribution is 6.10. The Morgan fingerprint density at radius 1 is 0.900 bits per heavy atom. The smallest absolute Gasteiger partial charge is 0.246 e. The number of nitrogens with zero attached hydrogens (tertiary/aromatic N) is 1. The third kappa shape index (κ3) is 4.58. The molecular weight excluding hydrogens is 502 g/mol. The molecule has 7 heteroatoms. The minimum atomic E-state index is -1.20. The number of carbonyl (C=O) groups excluding carboxylic acids is 3. The summed E-state index contributed by atoms with van der Waals surface area (Å²) in [7, 11) is 0. The highest BCUT2D eigenvalue weighted by atomic mass is 16.5. The summed E-state index contributed by atoms with van der Waals surface area (Å²) in [6, 6.07) is 7.41. The Kier molecular flexibility index (Phi) is 6.88. The number of amides is 3. The number of carbonyl (C=O) groups is 3. The molecule has 0 aromatic heterocycles. The van der Waals surface area contributed by atoms with Crippen molar-refractivity contribution in [2.45, 2.75) is 127 Å². The fourth-order valence-electron chi connectivity index (χ4n) is 8.13. The Morgan fingerprint density at radius 3 is 2.15 bits per heavy atom. The summed E-state index contributed by atoms with van der Waals surface area (Å²) < 4.78 is 6.69. The first-order valence-corrected chi connectivity index (χ1v) is 15.5. The lowest BCUT2D eigenvalue weighted by molar-refractivity contribution is -0.135. The predicted molar refractivity (Wildman–Crippen MR) is 155 cm³/mol. The van der Waals surface area contributed by atoms with Crippen LogP contribution in [0, 0.1) is 11.8 Å². The van der Waals surface area contributed by atoms with Crippen molar-refractivity contribution >= 4 is 23.4 Å². The molecule has 2 saturated carbocycles. The van der Waals surface area contributed by atoms with E-state index in [1.165, 1.54) is 44.1 Å². The molecule has 7 nitrogen and oxygen atoms in total. The molecule has 4 fully saturated rings. The van der Waals surface area contributed by atoms with Crippen molar-refractivity contribution in [1.29, 1.82) is 0 Å². The quantitative estimate of drug-likeness (QED) is 0.500. The molecule has 216 valence electrons. The summed E-state index contributed by atoms with van der Waals surface area (Å²) in [6.07, 6.45) is 15.3. The van der Waals surface area contributed by atoms with Gasteiger partial charge in [0.15, 0.2) is 0 Å². The van der Waals surface area contributed by atoms with Crippen molar-refractivity contribution in [3.8, 4) is 0 Å². The van der Waals surface area contributed by atoms with E-state index in [4.69, 9.17) is 4.74 Å². The molecule has 3 amide bonds. The van der Waals surface area contributed by atoms with Crippen LogP contribution in [0.3, 0.4) is 0 Å². The van der Waals surface area contributed by atoms with E-state index in [0.29, 0.717) is 11.6 Å². The van der Waals surface area contributed by atoms with Gasteiger partial charge in [0.05, 0.1) is 17.4 Å². The molecule has 0 unspecified atom stereocenters. The van der Waals surface area contributed by atoms with Gasteiger partial charge in [0, 0.05) is 17.3 Å². The third-order valence-corrected chi connectivity index (χ3v) is 9.93. The van der Waals surface area contributed by atoms with Crippen molar-refractivity contribution in [3.05, 3.63) is 42.0 Å². The molecular formula is C33H45N3O4. The number of nitrogens with one attached hydrogen (secondary N) is 2. The number of hydrogen-bond acceptors (Lipinski definition) is 4. The molecule has 2 N–H and O–H groups in total. The van der Waals surface area contributed by atoms with Gasteiger partial charge in [-0.1, -0.05) is 62.8 Å². The maximum Gasteiger partial charge on any atom is 0.246 e. The number of hydrogen-bond donors (Lipinski definition) is 2. The molecule has 40 heavy (non-hydrogen) atoms. The molecule has 5 atom stereocenters. The second kappa shape index (κ2) is 10.0. The summed E-state index contributed by atoms with van der Waals surface area (Å²) in [5.41, 5.74) is -0.653. The molecule has 2 saturated heterocycles. The highest BCUT2D eigenvalue weighted by Gasteiger charge is 2.76. The fraction of sp³-hybridized carbons (Fsp3) is 0.667. The van der Waals surface area contributed by atoms with Gasteiger partial charge in [-0.25, -0.2) is 0 Å². The van der Waals surface area contributed by atoms with Crippen LogP contribution in [0.1, 0.15) is 103 Å². The first kappa shape index (κ1) is 27.5. The summed E-state index contributed by atoms with van der Waals surface area (Å²) in [5.74, 6) is -1.52. The predicted octanol–water partition coefficient (Wildman–Crippen LogP) is 5.14. The standard InChI is InChI=1S/C33H45N3O4/c1-31(2,3)35-29(38)27-33-20-19-32(4,40-33)25(28(37)34-23-13-9-6-10-14-23)26(33)30(39)36(27)24-17-15-22(16-18-24)21-11-7-5-8-12-21/h15-21,23,25-27H,5-14H2,1-4H3,(H,34,37)(H,35,38)/t25-,26+,27-,32-,33-/m1/s1. The van der Waals surface area contributed by atoms with Gasteiger partial charge in [-0.3, -0.25) is 19.3 Å². The van der Waals surface area contributed by atoms with Gasteiger partial charge in [-0.2, -0.15) is 0 Å². The van der Waals surface area contributed by atoms with E-state index in [9.17, 15) is 14.4 Å². The SMILES string of the molecule is CC(C)(C)NC(=O)[C@H]1N(c2ccc(C3CCCCC3)cc2)C(=O)[C@@H]2[C@H](C(=O)NC3CCCCC3)[C@@]3(C)C=C[C@@]21O3. The van der Waals surface area contributed by atoms with E-state index < -0.39 is 34.6 Å². The Bertz CT molecular complexity index is 1190. The van der Waals surface area contributed by atoms with Gasteiger partial charge < -0.3 is 15.4 Å². The van der Waals surface area contributed by atoms with Gasteiger partial charge in [0.2, 0.25) is 17.7 Å². The average Bonchev–Trinajstić information content (AvgIpc) is 3.49. The first-order valence-electron chi connectivity index (χ1n) is 15.5. The Hall–Kier alpha value is -2.67. The zero-order chi connectivity index (χ0) is 28.3. The topological polar surface area (TPSA) is 87.7 Å². The summed E-state index contributed by atoms with van der Waals surface area (Å²) in [6.45, 7) is 7.69. The molecule has 1 aromatic carbocycles. The molecule has 1 aromatic rings. The van der Waals surface area contributed by atoms with Gasteiger partial charge in [0.25, 0.3) is 0 Å². The van der Waals surface area contributed by atoms with Crippen LogP contribution < -0.4 is 15.5 Å². The van der Waals surface area contributed by atoms with E-state index in [2.05, 4.69) is 22.8 Å². The van der Waals surface area contributed by atoms with Crippen molar-refractivity contribution in [2.75, 3.05) is 4.90 Å². The normalized spacial score (nSPS) is 34.2. The lowest BCUT2D eigenvalue weighted by atomic mass is 9.70. The minimum absolute atomic E-state index is 0.129. The molecule has 3 heterocycles. The third-order valence-electron chi connectivity index (χ3n) is 9.93. The summed E-state index contributed by atoms with van der Waals surface area (Å²) in [5, 5.41) is 6.37. The molecule has 6 rings (SSSR count). The lowest BCUT2D eigenvalue weighted by Gasteiger charge is -2.35. The van der Waals surface area contributed by atoms with Crippen LogP contribution in [0.25, 0.3) is 0 Å². The number of ether oxygens (including phenoxy) is 1. The number of rotatable bonds is 5. The number of benzene rings is 1. The Balaban J connectivity index is 1.36. The van der Waals surface area contributed by atoms with Crippen LogP contribution in [0.2, 0.25) is 0 Å². The molecule has 3 aliphatic heterocycles. The summed E-state index contributed by atoms with van der Waals surface area (Å²) >= 11 is 0. The lowest BCUT2D eigenvalue weighted by Crippen LogP contribution is -2.58. The minimum Gasteiger partial charge on any atom is -0.356 e. The second-order valence-electron chi connectivity index (χ2n) is 14.0. The van der Waals surface area contributed by atoms with Crippen LogP contribution in [0.4, 0.5) is 5.69 Å². The van der Waals surface area contributed by atoms with Gasteiger partial charge in [-0.15, -0.1) is 0 Å². The van der Waals surface area contributed by atoms with Crippen LogP contribution in [-0.2, 0) is 19.1 Å². The summed E-state index contributed by atoms with van der Waals surface area (Å²) in [4.78, 5) is 43.9. The zero-order valence-corrected chi connectivity index (χ0v) is 24.5. The van der Waals surface area contributed by atoms with Crippen LogP contribution >= 0.6 is 0 Å². The van der Waals surface area contributed by atoms with E-state index in [1.54, 1.807) is 4.90 Å². The molecule has 2 aliphatic carbocycles. The van der Waals surface area contributed by atoms with Gasteiger partial charge in [-0.05, 0) is 77.0 Å². The first-order chi connectivity index (χ1) is 19.0. The zero-order valence-electron chi connectivity index (χ0n) is 24.5. The molecule has 0 radical (unpaired) electrons. The Labute approximate surface area is 238 Å². The van der Waals surface area contributed by atoms with E-state index >= 15 is 0 Å². The monoisotopic (exact) mass is 547 g/mol. The van der Waals surface area contributed by atoms with Crippen molar-refractivity contribution in [2.24, 2.45) is 11.8 Å². The Morgan fingerprint density at radius 2 is 1.52 bits per heavy atom. The fourth-order valence-corrected chi connectivity index (χ4v) is 8.13. The maximum absolute atomic E-state index is 14.4. The molecule has 2 bridgehead atoms. The van der Waals surface area contributed by atoms with Gasteiger partial charge >= 0.3 is 0 Å². The van der Waals surface area contributed by atoms with E-state index in [-0.39, 0.29) is 23.8 Å². The highest BCUT2D eigenvalue weighted by Crippen LogP contribution is 2.60. The van der Waals surface area contributed by atoms with E-state index in [0.717, 1.165) is 25.7 Å². The van der Waals surface area contributed by atoms with Crippen molar-refractivity contribution in [1.82, 2.24) is 10.6 Å². The van der Waals surface area contributed by atoms with Crippen molar-refractivity contribution < 1.29 is 19.1 Å². The van der Waals surface area contributed by atoms with Gasteiger partial charge in [0.1, 0.15) is 11.6 Å². The molecule has 1 spiro atoms. The van der Waals surface area contributed by atoms with Crippen LogP contribution in [0.5, 0.6) is 0 Å². The number of anilines is 1. The number of fused-ring (bicyclic) bond motifs is 1. The average molecular weight is 548 g/mol.